The summed E-state index contributed by atoms with van der Waals surface area (Å²) in [7, 11) is 0. The van der Waals surface area contributed by atoms with Crippen LogP contribution in [0.4, 0.5) is 17.6 Å². The van der Waals surface area contributed by atoms with Gasteiger partial charge in [-0.05, 0) is 29.8 Å². The van der Waals surface area contributed by atoms with E-state index >= 15 is 0 Å². The van der Waals surface area contributed by atoms with Crippen LogP contribution in [-0.2, 0) is 6.18 Å². The minimum atomic E-state index is -4.80. The molecule has 0 fully saturated rings. The molecule has 0 aromatic heterocycles. The van der Waals surface area contributed by atoms with Gasteiger partial charge in [-0.25, -0.2) is 4.39 Å². The van der Waals surface area contributed by atoms with E-state index in [1.807, 2.05) is 0 Å². The van der Waals surface area contributed by atoms with Crippen LogP contribution < -0.4 is 0 Å². The maximum absolute atomic E-state index is 13.2. The Kier molecular flexibility index (Phi) is 4.19. The summed E-state index contributed by atoms with van der Waals surface area (Å²) < 4.78 is 51.3. The highest BCUT2D eigenvalue weighted by Gasteiger charge is 2.34. The fourth-order valence-corrected chi connectivity index (χ4v) is 2.75. The van der Waals surface area contributed by atoms with Gasteiger partial charge in [0.15, 0.2) is 0 Å². The van der Waals surface area contributed by atoms with E-state index in [1.165, 1.54) is 18.2 Å². The van der Waals surface area contributed by atoms with Gasteiger partial charge in [-0.1, -0.05) is 40.9 Å². The zero-order chi connectivity index (χ0) is 15.1. The molecular formula is C13H5Cl3F4. The van der Waals surface area contributed by atoms with Crippen molar-refractivity contribution in [1.82, 2.24) is 0 Å². The van der Waals surface area contributed by atoms with Crippen molar-refractivity contribution >= 4 is 34.8 Å². The predicted octanol–water partition coefficient (Wildman–Crippen LogP) is 6.47. The first kappa shape index (κ1) is 15.4. The van der Waals surface area contributed by atoms with Gasteiger partial charge in [-0.2, -0.15) is 13.2 Å². The highest BCUT2D eigenvalue weighted by Crippen LogP contribution is 2.40. The Hall–Kier alpha value is -0.970. The summed E-state index contributed by atoms with van der Waals surface area (Å²) in [6.45, 7) is 0. The Morgan fingerprint density at radius 1 is 0.850 bits per heavy atom. The normalized spacial score (nSPS) is 11.8. The summed E-state index contributed by atoms with van der Waals surface area (Å²) in [5.41, 5.74) is -1.15. The fourth-order valence-electron chi connectivity index (χ4n) is 1.72. The highest BCUT2D eigenvalue weighted by atomic mass is 35.5. The lowest BCUT2D eigenvalue weighted by atomic mass is 10.0. The van der Waals surface area contributed by atoms with Gasteiger partial charge in [0.2, 0.25) is 0 Å². The van der Waals surface area contributed by atoms with E-state index in [0.29, 0.717) is 6.07 Å². The SMILES string of the molecule is Fc1ccc(-c2c(Cl)cc(Cl)cc2Cl)cc1C(F)(F)F. The van der Waals surface area contributed by atoms with Gasteiger partial charge in [0.05, 0.1) is 15.6 Å². The molecule has 0 spiro atoms. The molecular weight excluding hydrogens is 338 g/mol. The lowest BCUT2D eigenvalue weighted by Gasteiger charge is -2.12. The molecule has 0 N–H and O–H groups in total. The van der Waals surface area contributed by atoms with Gasteiger partial charge < -0.3 is 0 Å². The van der Waals surface area contributed by atoms with Crippen molar-refractivity contribution in [3.8, 4) is 11.1 Å². The van der Waals surface area contributed by atoms with Crippen molar-refractivity contribution in [2.75, 3.05) is 0 Å². The molecule has 0 saturated heterocycles. The number of halogens is 7. The van der Waals surface area contributed by atoms with Crippen molar-refractivity contribution < 1.29 is 17.6 Å². The predicted molar refractivity (Wildman–Crippen MR) is 71.9 cm³/mol. The van der Waals surface area contributed by atoms with Crippen LogP contribution in [0.25, 0.3) is 11.1 Å². The number of hydrogen-bond acceptors (Lipinski definition) is 0. The molecule has 0 aliphatic rings. The van der Waals surface area contributed by atoms with E-state index < -0.39 is 17.6 Å². The van der Waals surface area contributed by atoms with Gasteiger partial charge in [-0.15, -0.1) is 0 Å². The Bertz CT molecular complexity index is 642. The summed E-state index contributed by atoms with van der Waals surface area (Å²) in [4.78, 5) is 0. The largest absolute Gasteiger partial charge is 0.419 e. The zero-order valence-electron chi connectivity index (χ0n) is 9.53. The molecule has 0 bridgehead atoms. The van der Waals surface area contributed by atoms with Crippen molar-refractivity contribution in [3.63, 3.8) is 0 Å². The molecule has 2 aromatic carbocycles. The van der Waals surface area contributed by atoms with Crippen LogP contribution in [0.2, 0.25) is 15.1 Å². The van der Waals surface area contributed by atoms with Gasteiger partial charge >= 0.3 is 6.18 Å². The molecule has 106 valence electrons. The quantitative estimate of drug-likeness (QED) is 0.520. The molecule has 2 rings (SSSR count). The number of alkyl halides is 3. The highest BCUT2D eigenvalue weighted by molar-refractivity contribution is 6.41. The van der Waals surface area contributed by atoms with Crippen LogP contribution in [0.3, 0.4) is 0 Å². The molecule has 20 heavy (non-hydrogen) atoms. The minimum absolute atomic E-state index is 0.0605. The van der Waals surface area contributed by atoms with E-state index in [0.717, 1.165) is 6.07 Å². The number of benzene rings is 2. The molecule has 0 unspecified atom stereocenters. The summed E-state index contributed by atoms with van der Waals surface area (Å²) in [5.74, 6) is -1.36. The first-order valence-corrected chi connectivity index (χ1v) is 6.35. The Labute approximate surface area is 126 Å². The Morgan fingerprint density at radius 2 is 1.40 bits per heavy atom. The van der Waals surface area contributed by atoms with Crippen molar-refractivity contribution in [3.05, 3.63) is 56.8 Å². The fraction of sp³-hybridized carbons (Fsp3) is 0.0769. The van der Waals surface area contributed by atoms with Crippen LogP contribution in [0.1, 0.15) is 5.56 Å². The van der Waals surface area contributed by atoms with E-state index in [2.05, 4.69) is 0 Å². The van der Waals surface area contributed by atoms with Gasteiger partial charge in [0, 0.05) is 10.6 Å². The second-order valence-corrected chi connectivity index (χ2v) is 5.19. The Morgan fingerprint density at radius 3 is 1.90 bits per heavy atom. The second-order valence-electron chi connectivity index (χ2n) is 3.94. The van der Waals surface area contributed by atoms with Crippen LogP contribution in [0.15, 0.2) is 30.3 Å². The van der Waals surface area contributed by atoms with E-state index in [-0.39, 0.29) is 26.2 Å². The summed E-state index contributed by atoms with van der Waals surface area (Å²) in [5, 5.41) is 0.423. The van der Waals surface area contributed by atoms with Crippen molar-refractivity contribution in [1.29, 1.82) is 0 Å². The number of hydrogen-bond donors (Lipinski definition) is 0. The first-order valence-electron chi connectivity index (χ1n) is 5.22. The smallest absolute Gasteiger partial charge is 0.206 e. The third kappa shape index (κ3) is 3.03. The first-order chi connectivity index (χ1) is 9.20. The monoisotopic (exact) mass is 342 g/mol. The van der Waals surface area contributed by atoms with Gasteiger partial charge in [0.1, 0.15) is 5.82 Å². The minimum Gasteiger partial charge on any atom is -0.206 e. The van der Waals surface area contributed by atoms with Gasteiger partial charge in [0.25, 0.3) is 0 Å². The molecule has 0 nitrogen and oxygen atoms in total. The standard InChI is InChI=1S/C13H5Cl3F4/c14-7-4-9(15)12(10(16)5-7)6-1-2-11(17)8(3-6)13(18,19)20/h1-5H. The lowest BCUT2D eigenvalue weighted by molar-refractivity contribution is -0.139. The summed E-state index contributed by atoms with van der Waals surface area (Å²) in [6.07, 6.45) is -4.80. The van der Waals surface area contributed by atoms with Crippen molar-refractivity contribution in [2.24, 2.45) is 0 Å². The topological polar surface area (TPSA) is 0 Å². The average molecular weight is 344 g/mol. The van der Waals surface area contributed by atoms with Crippen LogP contribution in [0, 0.1) is 5.82 Å². The molecule has 0 aliphatic heterocycles. The summed E-state index contributed by atoms with van der Waals surface area (Å²) >= 11 is 17.6. The molecule has 0 radical (unpaired) electrons. The second kappa shape index (κ2) is 5.43. The third-order valence-corrected chi connectivity index (χ3v) is 3.38. The number of rotatable bonds is 1. The maximum Gasteiger partial charge on any atom is 0.419 e. The maximum atomic E-state index is 13.2. The zero-order valence-corrected chi connectivity index (χ0v) is 11.8. The van der Waals surface area contributed by atoms with Crippen LogP contribution in [-0.4, -0.2) is 0 Å². The van der Waals surface area contributed by atoms with E-state index in [9.17, 15) is 17.6 Å². The van der Waals surface area contributed by atoms with Crippen LogP contribution in [0.5, 0.6) is 0 Å². The van der Waals surface area contributed by atoms with Crippen LogP contribution >= 0.6 is 34.8 Å². The van der Waals surface area contributed by atoms with E-state index in [4.69, 9.17) is 34.8 Å². The molecule has 0 aliphatic carbocycles. The molecule has 0 amide bonds. The van der Waals surface area contributed by atoms with Gasteiger partial charge in [-0.3, -0.25) is 0 Å². The Balaban J connectivity index is 2.66. The lowest BCUT2D eigenvalue weighted by Crippen LogP contribution is -2.08. The molecule has 0 heterocycles. The van der Waals surface area contributed by atoms with E-state index in [1.54, 1.807) is 0 Å². The average Bonchev–Trinajstić information content (AvgIpc) is 2.28. The molecule has 2 aromatic rings. The summed E-state index contributed by atoms with van der Waals surface area (Å²) in [6, 6.07) is 5.25. The molecule has 7 heteroatoms. The molecule has 0 atom stereocenters. The van der Waals surface area contributed by atoms with Crippen molar-refractivity contribution in [2.45, 2.75) is 6.18 Å². The molecule has 0 saturated carbocycles. The third-order valence-electron chi connectivity index (χ3n) is 2.57.